The second-order valence-corrected chi connectivity index (χ2v) is 4.58. The molecule has 0 saturated heterocycles. The van der Waals surface area contributed by atoms with Crippen molar-refractivity contribution in [2.75, 3.05) is 14.2 Å². The first kappa shape index (κ1) is 13.6. The smallest absolute Gasteiger partial charge is 0.122 e. The molecule has 0 aliphatic heterocycles. The highest BCUT2D eigenvalue weighted by atomic mass is 16.5. The Kier molecular flexibility index (Phi) is 4.22. The summed E-state index contributed by atoms with van der Waals surface area (Å²) in [5.41, 5.74) is 3.49. The van der Waals surface area contributed by atoms with Gasteiger partial charge in [0.2, 0.25) is 0 Å². The molecule has 1 aromatic carbocycles. The SMILES string of the molecule is CCn1cc(C(NC)c2ccc(C)c(OC)c2)cn1. The van der Waals surface area contributed by atoms with E-state index in [0.29, 0.717) is 0 Å². The highest BCUT2D eigenvalue weighted by Gasteiger charge is 2.15. The molecule has 0 amide bonds. The summed E-state index contributed by atoms with van der Waals surface area (Å²) in [5, 5.41) is 7.67. The molecule has 1 atom stereocenters. The van der Waals surface area contributed by atoms with Gasteiger partial charge in [-0.25, -0.2) is 0 Å². The van der Waals surface area contributed by atoms with Gasteiger partial charge in [-0.05, 0) is 38.1 Å². The molecular formula is C15H21N3O. The zero-order valence-electron chi connectivity index (χ0n) is 12.0. The van der Waals surface area contributed by atoms with Crippen LogP contribution < -0.4 is 10.1 Å². The molecule has 1 heterocycles. The summed E-state index contributed by atoms with van der Waals surface area (Å²) in [4.78, 5) is 0. The first-order chi connectivity index (χ1) is 9.19. The zero-order chi connectivity index (χ0) is 13.8. The Morgan fingerprint density at radius 3 is 2.74 bits per heavy atom. The maximum atomic E-state index is 5.39. The van der Waals surface area contributed by atoms with E-state index in [9.17, 15) is 0 Å². The summed E-state index contributed by atoms with van der Waals surface area (Å²) in [7, 11) is 3.66. The van der Waals surface area contributed by atoms with Crippen molar-refractivity contribution in [1.82, 2.24) is 15.1 Å². The Bertz CT molecular complexity index is 548. The molecule has 4 heteroatoms. The average molecular weight is 259 g/mol. The van der Waals surface area contributed by atoms with E-state index in [1.54, 1.807) is 7.11 Å². The third kappa shape index (κ3) is 2.79. The van der Waals surface area contributed by atoms with Crippen molar-refractivity contribution in [3.63, 3.8) is 0 Å². The summed E-state index contributed by atoms with van der Waals surface area (Å²) in [5.74, 6) is 0.917. The van der Waals surface area contributed by atoms with Crippen LogP contribution >= 0.6 is 0 Å². The average Bonchev–Trinajstić information content (AvgIpc) is 2.90. The van der Waals surface area contributed by atoms with Crippen molar-refractivity contribution >= 4 is 0 Å². The number of nitrogens with one attached hydrogen (secondary N) is 1. The monoisotopic (exact) mass is 259 g/mol. The van der Waals surface area contributed by atoms with Crippen LogP contribution in [0.5, 0.6) is 5.75 Å². The zero-order valence-corrected chi connectivity index (χ0v) is 12.0. The van der Waals surface area contributed by atoms with E-state index in [-0.39, 0.29) is 6.04 Å². The van der Waals surface area contributed by atoms with Crippen LogP contribution in [0.3, 0.4) is 0 Å². The van der Waals surface area contributed by atoms with Gasteiger partial charge in [0, 0.05) is 18.3 Å². The topological polar surface area (TPSA) is 39.1 Å². The fourth-order valence-electron chi connectivity index (χ4n) is 2.24. The normalized spacial score (nSPS) is 12.4. The standard InChI is InChI=1S/C15H21N3O/c1-5-18-10-13(9-17-18)15(16-3)12-7-6-11(2)14(8-12)19-4/h6-10,15-16H,5H2,1-4H3. The molecule has 102 valence electrons. The lowest BCUT2D eigenvalue weighted by molar-refractivity contribution is 0.410. The fraction of sp³-hybridized carbons (Fsp3) is 0.400. The highest BCUT2D eigenvalue weighted by molar-refractivity contribution is 5.40. The molecule has 0 fully saturated rings. The van der Waals surface area contributed by atoms with Gasteiger partial charge in [-0.15, -0.1) is 0 Å². The van der Waals surface area contributed by atoms with E-state index in [4.69, 9.17) is 4.74 Å². The summed E-state index contributed by atoms with van der Waals surface area (Å²) >= 11 is 0. The van der Waals surface area contributed by atoms with Gasteiger partial charge in [0.1, 0.15) is 5.75 Å². The highest BCUT2D eigenvalue weighted by Crippen LogP contribution is 2.27. The first-order valence-corrected chi connectivity index (χ1v) is 6.53. The van der Waals surface area contributed by atoms with Crippen molar-refractivity contribution in [3.05, 3.63) is 47.3 Å². The van der Waals surface area contributed by atoms with Crippen LogP contribution in [0.1, 0.15) is 29.7 Å². The lowest BCUT2D eigenvalue weighted by Crippen LogP contribution is -2.17. The molecule has 2 aromatic rings. The summed E-state index contributed by atoms with van der Waals surface area (Å²) in [6.07, 6.45) is 3.99. The molecule has 19 heavy (non-hydrogen) atoms. The van der Waals surface area contributed by atoms with Crippen LogP contribution in [0.15, 0.2) is 30.6 Å². The number of ether oxygens (including phenoxy) is 1. The predicted octanol–water partition coefficient (Wildman–Crippen LogP) is 2.53. The fourth-order valence-corrected chi connectivity index (χ4v) is 2.24. The van der Waals surface area contributed by atoms with Gasteiger partial charge in [-0.2, -0.15) is 5.10 Å². The van der Waals surface area contributed by atoms with Crippen LogP contribution in [0.4, 0.5) is 0 Å². The molecule has 0 radical (unpaired) electrons. The number of nitrogens with zero attached hydrogens (tertiary/aromatic N) is 2. The van der Waals surface area contributed by atoms with Crippen molar-refractivity contribution in [2.45, 2.75) is 26.4 Å². The van der Waals surface area contributed by atoms with Crippen molar-refractivity contribution in [1.29, 1.82) is 0 Å². The van der Waals surface area contributed by atoms with Gasteiger partial charge in [0.25, 0.3) is 0 Å². The van der Waals surface area contributed by atoms with E-state index in [2.05, 4.69) is 41.7 Å². The van der Waals surface area contributed by atoms with Crippen molar-refractivity contribution in [3.8, 4) is 5.75 Å². The van der Waals surface area contributed by atoms with Crippen LogP contribution in [-0.2, 0) is 6.54 Å². The number of hydrogen-bond donors (Lipinski definition) is 1. The van der Waals surface area contributed by atoms with Gasteiger partial charge < -0.3 is 10.1 Å². The quantitative estimate of drug-likeness (QED) is 0.897. The third-order valence-electron chi connectivity index (χ3n) is 3.36. The van der Waals surface area contributed by atoms with Gasteiger partial charge in [-0.3, -0.25) is 4.68 Å². The lowest BCUT2D eigenvalue weighted by Gasteiger charge is -2.16. The summed E-state index contributed by atoms with van der Waals surface area (Å²) in [6, 6.07) is 6.43. The minimum Gasteiger partial charge on any atom is -0.496 e. The minimum absolute atomic E-state index is 0.134. The Labute approximate surface area is 114 Å². The molecule has 1 N–H and O–H groups in total. The second-order valence-electron chi connectivity index (χ2n) is 4.58. The number of aromatic nitrogens is 2. The lowest BCUT2D eigenvalue weighted by atomic mass is 10.00. The van der Waals surface area contributed by atoms with Crippen LogP contribution in [0.2, 0.25) is 0 Å². The molecule has 1 aromatic heterocycles. The minimum atomic E-state index is 0.134. The third-order valence-corrected chi connectivity index (χ3v) is 3.36. The Hall–Kier alpha value is -1.81. The molecular weight excluding hydrogens is 238 g/mol. The number of benzene rings is 1. The van der Waals surface area contributed by atoms with E-state index < -0.39 is 0 Å². The molecule has 0 aliphatic carbocycles. The van der Waals surface area contributed by atoms with E-state index in [1.165, 1.54) is 5.56 Å². The van der Waals surface area contributed by atoms with Crippen LogP contribution in [-0.4, -0.2) is 23.9 Å². The maximum absolute atomic E-state index is 5.39. The Morgan fingerprint density at radius 2 is 2.16 bits per heavy atom. The largest absolute Gasteiger partial charge is 0.496 e. The maximum Gasteiger partial charge on any atom is 0.122 e. The van der Waals surface area contributed by atoms with Crippen molar-refractivity contribution in [2.24, 2.45) is 0 Å². The van der Waals surface area contributed by atoms with Crippen molar-refractivity contribution < 1.29 is 4.74 Å². The molecule has 0 spiro atoms. The number of hydrogen-bond acceptors (Lipinski definition) is 3. The second kappa shape index (κ2) is 5.89. The Morgan fingerprint density at radius 1 is 1.37 bits per heavy atom. The van der Waals surface area contributed by atoms with E-state index >= 15 is 0 Å². The summed E-state index contributed by atoms with van der Waals surface area (Å²) in [6.45, 7) is 5.01. The first-order valence-electron chi connectivity index (χ1n) is 6.53. The molecule has 0 aliphatic rings. The molecule has 4 nitrogen and oxygen atoms in total. The number of rotatable bonds is 5. The Balaban J connectivity index is 2.36. The van der Waals surface area contributed by atoms with Gasteiger partial charge >= 0.3 is 0 Å². The van der Waals surface area contributed by atoms with Gasteiger partial charge in [-0.1, -0.05) is 12.1 Å². The van der Waals surface area contributed by atoms with Crippen LogP contribution in [0.25, 0.3) is 0 Å². The van der Waals surface area contributed by atoms with Gasteiger partial charge in [0.05, 0.1) is 19.3 Å². The number of aryl methyl sites for hydroxylation is 2. The molecule has 0 bridgehead atoms. The van der Waals surface area contributed by atoms with Gasteiger partial charge in [0.15, 0.2) is 0 Å². The van der Waals surface area contributed by atoms with E-state index in [0.717, 1.165) is 23.4 Å². The van der Waals surface area contributed by atoms with E-state index in [1.807, 2.05) is 24.9 Å². The molecule has 1 unspecified atom stereocenters. The molecule has 2 rings (SSSR count). The predicted molar refractivity (Wildman–Crippen MR) is 76.5 cm³/mol. The number of methoxy groups -OCH3 is 1. The summed E-state index contributed by atoms with van der Waals surface area (Å²) < 4.78 is 7.33. The van der Waals surface area contributed by atoms with Crippen LogP contribution in [0, 0.1) is 6.92 Å². The molecule has 0 saturated carbocycles.